The Bertz CT molecular complexity index is 1670. The molecule has 1 saturated carbocycles. The van der Waals surface area contributed by atoms with Crippen LogP contribution in [0.1, 0.15) is 41.1 Å². The predicted molar refractivity (Wildman–Crippen MR) is 140 cm³/mol. The van der Waals surface area contributed by atoms with Crippen molar-refractivity contribution in [2.45, 2.75) is 38.4 Å². The van der Waals surface area contributed by atoms with Crippen molar-refractivity contribution in [2.75, 3.05) is 28.8 Å². The fraction of sp³-hybridized carbons (Fsp3) is 0.385. The van der Waals surface area contributed by atoms with Gasteiger partial charge in [-0.1, -0.05) is 17.3 Å². The Kier molecular flexibility index (Phi) is 5.74. The molecule has 12 heteroatoms. The summed E-state index contributed by atoms with van der Waals surface area (Å²) in [5.74, 6) is 0.214. The SMILES string of the molecule is Cc1ccc(-c2noc([C@H]3C[C@@H]3F)n2)cc1NC(=O)c1cnn2ccc(N3C[C@@H](CS(C)(=O)=O)[C@@H]3C)cc12. The smallest absolute Gasteiger partial charge is 0.259 e. The number of rotatable bonds is 7. The maximum Gasteiger partial charge on any atom is 0.259 e. The van der Waals surface area contributed by atoms with E-state index in [0.717, 1.165) is 11.3 Å². The van der Waals surface area contributed by atoms with Gasteiger partial charge >= 0.3 is 0 Å². The van der Waals surface area contributed by atoms with Crippen LogP contribution in [-0.2, 0) is 9.84 Å². The number of halogens is 1. The van der Waals surface area contributed by atoms with E-state index in [4.69, 9.17) is 4.52 Å². The van der Waals surface area contributed by atoms with Crippen LogP contribution < -0.4 is 10.2 Å². The zero-order valence-corrected chi connectivity index (χ0v) is 21.9. The van der Waals surface area contributed by atoms with Crippen LogP contribution in [0.2, 0.25) is 0 Å². The van der Waals surface area contributed by atoms with Gasteiger partial charge in [-0.3, -0.25) is 4.79 Å². The number of fused-ring (bicyclic) bond motifs is 1. The quantitative estimate of drug-likeness (QED) is 0.378. The van der Waals surface area contributed by atoms with Crippen LogP contribution in [0.15, 0.2) is 47.2 Å². The van der Waals surface area contributed by atoms with Crippen molar-refractivity contribution in [3.8, 4) is 11.4 Å². The standard InChI is InChI=1S/C26H27FN6O4S/c1-14-4-5-16(24-30-26(37-31-24)19-10-21(19)27)8-22(14)29-25(34)20-11-28-33-7-6-18(9-23(20)33)32-12-17(15(32)2)13-38(3,35)36/h4-9,11,15,17,19,21H,10,12-13H2,1-3H3,(H,29,34)/t15-,17-,19-,21-/m0/s1. The molecule has 0 bridgehead atoms. The van der Waals surface area contributed by atoms with Crippen molar-refractivity contribution in [1.82, 2.24) is 19.8 Å². The minimum Gasteiger partial charge on any atom is -0.368 e. The van der Waals surface area contributed by atoms with Gasteiger partial charge < -0.3 is 14.7 Å². The average Bonchev–Trinajstić information content (AvgIpc) is 3.24. The maximum absolute atomic E-state index is 13.4. The minimum atomic E-state index is -3.04. The molecule has 2 aliphatic rings. The van der Waals surface area contributed by atoms with Gasteiger partial charge in [-0.25, -0.2) is 17.3 Å². The van der Waals surface area contributed by atoms with Crippen LogP contribution >= 0.6 is 0 Å². The summed E-state index contributed by atoms with van der Waals surface area (Å²) >= 11 is 0. The third-order valence-electron chi connectivity index (χ3n) is 7.42. The number of pyridine rings is 1. The van der Waals surface area contributed by atoms with E-state index in [1.165, 1.54) is 12.5 Å². The molecule has 1 saturated heterocycles. The molecule has 1 aliphatic heterocycles. The number of sulfone groups is 1. The number of hydrogen-bond donors (Lipinski definition) is 1. The number of aromatic nitrogens is 4. The first kappa shape index (κ1) is 24.5. The monoisotopic (exact) mass is 538 g/mol. The molecule has 3 aromatic heterocycles. The minimum absolute atomic E-state index is 0.0686. The molecule has 10 nitrogen and oxygen atoms in total. The molecule has 0 radical (unpaired) electrons. The van der Waals surface area contributed by atoms with Gasteiger partial charge in [-0.15, -0.1) is 0 Å². The van der Waals surface area contributed by atoms with Gasteiger partial charge in [0.05, 0.1) is 28.9 Å². The van der Waals surface area contributed by atoms with E-state index in [1.807, 2.05) is 38.1 Å². The lowest BCUT2D eigenvalue weighted by Crippen LogP contribution is -2.57. The van der Waals surface area contributed by atoms with Crippen molar-refractivity contribution in [3.05, 3.63) is 59.7 Å². The third kappa shape index (κ3) is 4.53. The topological polar surface area (TPSA) is 123 Å². The van der Waals surface area contributed by atoms with Gasteiger partial charge in [0.25, 0.3) is 5.91 Å². The molecule has 1 aliphatic carbocycles. The number of carbonyl (C=O) groups excluding carboxylic acids is 1. The van der Waals surface area contributed by atoms with Crippen LogP contribution in [0.3, 0.4) is 0 Å². The highest BCUT2D eigenvalue weighted by Gasteiger charge is 2.43. The first-order chi connectivity index (χ1) is 18.1. The summed E-state index contributed by atoms with van der Waals surface area (Å²) < 4.78 is 43.6. The lowest BCUT2D eigenvalue weighted by atomic mass is 9.91. The Morgan fingerprint density at radius 3 is 2.76 bits per heavy atom. The molecule has 1 amide bonds. The van der Waals surface area contributed by atoms with Crippen molar-refractivity contribution < 1.29 is 22.1 Å². The third-order valence-corrected chi connectivity index (χ3v) is 8.45. The normalized spacial score (nSPS) is 22.9. The molecule has 4 atom stereocenters. The summed E-state index contributed by atoms with van der Waals surface area (Å²) in [4.78, 5) is 19.8. The predicted octanol–water partition coefficient (Wildman–Crippen LogP) is 3.64. The Labute approximate surface area is 218 Å². The summed E-state index contributed by atoms with van der Waals surface area (Å²) in [6, 6.07) is 9.32. The number of nitrogens with one attached hydrogen (secondary N) is 1. The van der Waals surface area contributed by atoms with Crippen molar-refractivity contribution >= 4 is 32.6 Å². The van der Waals surface area contributed by atoms with E-state index < -0.39 is 16.0 Å². The number of carbonyl (C=O) groups is 1. The average molecular weight is 539 g/mol. The Balaban J connectivity index is 1.22. The Hall–Kier alpha value is -3.80. The van der Waals surface area contributed by atoms with E-state index >= 15 is 0 Å². The molecule has 1 aromatic carbocycles. The largest absolute Gasteiger partial charge is 0.368 e. The molecule has 38 heavy (non-hydrogen) atoms. The molecule has 4 heterocycles. The van der Waals surface area contributed by atoms with Crippen LogP contribution in [0, 0.1) is 12.8 Å². The number of hydrogen-bond acceptors (Lipinski definition) is 8. The molecule has 0 unspecified atom stereocenters. The van der Waals surface area contributed by atoms with Gasteiger partial charge in [-0.2, -0.15) is 10.1 Å². The van der Waals surface area contributed by atoms with Crippen molar-refractivity contribution in [3.63, 3.8) is 0 Å². The highest BCUT2D eigenvalue weighted by atomic mass is 32.2. The second-order valence-corrected chi connectivity index (χ2v) is 12.5. The van der Waals surface area contributed by atoms with Crippen LogP contribution in [0.25, 0.3) is 16.9 Å². The molecular formula is C26H27FN6O4S. The van der Waals surface area contributed by atoms with E-state index in [9.17, 15) is 17.6 Å². The van der Waals surface area contributed by atoms with Crippen LogP contribution in [0.5, 0.6) is 0 Å². The van der Waals surface area contributed by atoms with E-state index in [1.54, 1.807) is 16.8 Å². The van der Waals surface area contributed by atoms with Gasteiger partial charge in [0.2, 0.25) is 11.7 Å². The second-order valence-electron chi connectivity index (χ2n) is 10.3. The molecular weight excluding hydrogens is 511 g/mol. The first-order valence-electron chi connectivity index (χ1n) is 12.4. The highest BCUT2D eigenvalue weighted by molar-refractivity contribution is 7.90. The van der Waals surface area contributed by atoms with Crippen molar-refractivity contribution in [1.29, 1.82) is 0 Å². The number of alkyl halides is 1. The Morgan fingerprint density at radius 2 is 2.05 bits per heavy atom. The maximum atomic E-state index is 13.4. The fourth-order valence-corrected chi connectivity index (χ4v) is 6.10. The van der Waals surface area contributed by atoms with Gasteiger partial charge in [0, 0.05) is 47.9 Å². The van der Waals surface area contributed by atoms with Gasteiger partial charge in [0.15, 0.2) is 0 Å². The molecule has 6 rings (SSSR count). The van der Waals surface area contributed by atoms with E-state index in [2.05, 4.69) is 25.5 Å². The van der Waals surface area contributed by atoms with E-state index in [0.29, 0.717) is 47.0 Å². The second kappa shape index (κ2) is 8.90. The number of nitrogens with zero attached hydrogens (tertiary/aromatic N) is 5. The number of benzene rings is 1. The van der Waals surface area contributed by atoms with Crippen LogP contribution in [0.4, 0.5) is 15.8 Å². The highest BCUT2D eigenvalue weighted by Crippen LogP contribution is 2.43. The van der Waals surface area contributed by atoms with E-state index in [-0.39, 0.29) is 29.5 Å². The molecule has 4 aromatic rings. The Morgan fingerprint density at radius 1 is 1.26 bits per heavy atom. The molecule has 2 fully saturated rings. The van der Waals surface area contributed by atoms with Crippen LogP contribution in [-0.4, -0.2) is 64.8 Å². The first-order valence-corrected chi connectivity index (χ1v) is 14.5. The van der Waals surface area contributed by atoms with Crippen molar-refractivity contribution in [2.24, 2.45) is 5.92 Å². The number of anilines is 2. The summed E-state index contributed by atoms with van der Waals surface area (Å²) in [6.45, 7) is 4.53. The number of amides is 1. The summed E-state index contributed by atoms with van der Waals surface area (Å²) in [5, 5.41) is 11.3. The molecule has 0 spiro atoms. The lowest BCUT2D eigenvalue weighted by molar-refractivity contribution is 0.102. The number of aryl methyl sites for hydroxylation is 1. The summed E-state index contributed by atoms with van der Waals surface area (Å²) in [7, 11) is -3.04. The zero-order valence-electron chi connectivity index (χ0n) is 21.1. The molecule has 198 valence electrons. The summed E-state index contributed by atoms with van der Waals surface area (Å²) in [5.41, 5.74) is 4.03. The van der Waals surface area contributed by atoms with Gasteiger partial charge in [0.1, 0.15) is 16.0 Å². The zero-order chi connectivity index (χ0) is 26.8. The molecule has 1 N–H and O–H groups in total. The van der Waals surface area contributed by atoms with Gasteiger partial charge in [-0.05, 0) is 44.0 Å². The lowest BCUT2D eigenvalue weighted by Gasteiger charge is -2.48. The summed E-state index contributed by atoms with van der Waals surface area (Å²) in [6.07, 6.45) is 4.04. The fourth-order valence-electron chi connectivity index (χ4n) is 4.94.